The van der Waals surface area contributed by atoms with E-state index in [1.54, 1.807) is 30.3 Å². The van der Waals surface area contributed by atoms with Crippen molar-refractivity contribution in [3.05, 3.63) is 70.4 Å². The molecule has 2 aromatic carbocycles. The van der Waals surface area contributed by atoms with E-state index in [0.717, 1.165) is 0 Å². The molecule has 0 radical (unpaired) electrons. The number of rotatable bonds is 5. The topological polar surface area (TPSA) is 51.5 Å². The fraction of sp³-hybridized carbons (Fsp3) is 0.0556. The number of benzene rings is 2. The summed E-state index contributed by atoms with van der Waals surface area (Å²) >= 11 is 12.1. The zero-order chi connectivity index (χ0) is 18.7. The van der Waals surface area contributed by atoms with Crippen molar-refractivity contribution in [3.8, 4) is 17.1 Å². The molecule has 0 unspecified atom stereocenters. The van der Waals surface area contributed by atoms with E-state index in [4.69, 9.17) is 27.6 Å². The molecule has 4 nitrogen and oxygen atoms in total. The Morgan fingerprint density at radius 1 is 1.08 bits per heavy atom. The van der Waals surface area contributed by atoms with E-state index in [1.165, 1.54) is 24.3 Å². The van der Waals surface area contributed by atoms with Crippen LogP contribution in [0.1, 0.15) is 10.6 Å². The van der Waals surface area contributed by atoms with Gasteiger partial charge in [0.05, 0.1) is 10.7 Å². The summed E-state index contributed by atoms with van der Waals surface area (Å²) < 4.78 is 34.8. The quantitative estimate of drug-likeness (QED) is 0.565. The molecule has 0 atom stereocenters. The fourth-order valence-electron chi connectivity index (χ4n) is 2.24. The summed E-state index contributed by atoms with van der Waals surface area (Å²) in [5.74, 6) is -0.456. The van der Waals surface area contributed by atoms with Crippen LogP contribution in [0.2, 0.25) is 10.0 Å². The molecule has 3 aromatic rings. The molecule has 0 aliphatic carbocycles. The van der Waals surface area contributed by atoms with Gasteiger partial charge in [-0.2, -0.15) is 8.78 Å². The summed E-state index contributed by atoms with van der Waals surface area (Å²) in [6.07, 6.45) is 0. The van der Waals surface area contributed by atoms with Crippen LogP contribution in [0.15, 0.2) is 59.0 Å². The van der Waals surface area contributed by atoms with E-state index < -0.39 is 12.5 Å². The van der Waals surface area contributed by atoms with Crippen LogP contribution in [0.4, 0.5) is 14.5 Å². The van der Waals surface area contributed by atoms with Gasteiger partial charge in [-0.1, -0.05) is 35.3 Å². The summed E-state index contributed by atoms with van der Waals surface area (Å²) in [5.41, 5.74) is 0.621. The first-order chi connectivity index (χ1) is 12.4. The van der Waals surface area contributed by atoms with Crippen molar-refractivity contribution in [1.29, 1.82) is 0 Å². The summed E-state index contributed by atoms with van der Waals surface area (Å²) in [6, 6.07) is 13.7. The summed E-state index contributed by atoms with van der Waals surface area (Å²) in [5, 5.41) is 3.34. The number of furan rings is 1. The lowest BCUT2D eigenvalue weighted by molar-refractivity contribution is -0.0493. The summed E-state index contributed by atoms with van der Waals surface area (Å²) in [4.78, 5) is 12.3. The van der Waals surface area contributed by atoms with E-state index in [1.807, 2.05) is 0 Å². The molecule has 0 aliphatic rings. The number of hydrogen-bond acceptors (Lipinski definition) is 3. The normalized spacial score (nSPS) is 10.8. The first kappa shape index (κ1) is 18.2. The molecule has 0 saturated carbocycles. The second kappa shape index (κ2) is 7.76. The highest BCUT2D eigenvalue weighted by Gasteiger charge is 2.17. The Morgan fingerprint density at radius 2 is 1.85 bits per heavy atom. The van der Waals surface area contributed by atoms with Gasteiger partial charge < -0.3 is 14.5 Å². The van der Waals surface area contributed by atoms with E-state index >= 15 is 0 Å². The van der Waals surface area contributed by atoms with Crippen molar-refractivity contribution in [3.63, 3.8) is 0 Å². The first-order valence-corrected chi connectivity index (χ1v) is 8.10. The van der Waals surface area contributed by atoms with Crippen LogP contribution in [0.25, 0.3) is 11.3 Å². The third-order valence-corrected chi connectivity index (χ3v) is 3.94. The van der Waals surface area contributed by atoms with E-state index in [9.17, 15) is 13.6 Å². The van der Waals surface area contributed by atoms with Crippen molar-refractivity contribution >= 4 is 34.8 Å². The predicted molar refractivity (Wildman–Crippen MR) is 95.2 cm³/mol. The van der Waals surface area contributed by atoms with Crippen molar-refractivity contribution in [1.82, 2.24) is 0 Å². The minimum atomic E-state index is -3.01. The molecule has 1 heterocycles. The number of para-hydroxylation sites is 2. The third-order valence-electron chi connectivity index (χ3n) is 3.37. The highest BCUT2D eigenvalue weighted by atomic mass is 35.5. The van der Waals surface area contributed by atoms with Crippen molar-refractivity contribution in [2.24, 2.45) is 0 Å². The molecule has 1 aromatic heterocycles. The van der Waals surface area contributed by atoms with Crippen molar-refractivity contribution < 1.29 is 22.7 Å². The Morgan fingerprint density at radius 3 is 2.62 bits per heavy atom. The lowest BCUT2D eigenvalue weighted by Gasteiger charge is -2.10. The fourth-order valence-corrected chi connectivity index (χ4v) is 2.63. The number of hydrogen-bond donors (Lipinski definition) is 1. The number of nitrogens with one attached hydrogen (secondary N) is 1. The van der Waals surface area contributed by atoms with Gasteiger partial charge in [0.2, 0.25) is 0 Å². The third kappa shape index (κ3) is 4.15. The first-order valence-electron chi connectivity index (χ1n) is 7.34. The molecule has 8 heteroatoms. The van der Waals surface area contributed by atoms with Crippen LogP contribution >= 0.6 is 23.2 Å². The second-order valence-electron chi connectivity index (χ2n) is 5.12. The predicted octanol–water partition coefficient (Wildman–Crippen LogP) is 6.11. The highest BCUT2D eigenvalue weighted by molar-refractivity contribution is 6.35. The Kier molecular flexibility index (Phi) is 5.44. The van der Waals surface area contributed by atoms with Gasteiger partial charge in [-0.15, -0.1) is 0 Å². The largest absolute Gasteiger partial charge is 0.451 e. The molecule has 0 bridgehead atoms. The molecule has 3 rings (SSSR count). The van der Waals surface area contributed by atoms with Gasteiger partial charge in [0.15, 0.2) is 5.76 Å². The van der Waals surface area contributed by atoms with Crippen molar-refractivity contribution in [2.45, 2.75) is 6.61 Å². The van der Waals surface area contributed by atoms with E-state index in [2.05, 4.69) is 10.1 Å². The summed E-state index contributed by atoms with van der Waals surface area (Å²) in [6.45, 7) is -3.01. The van der Waals surface area contributed by atoms with E-state index in [0.29, 0.717) is 21.4 Å². The van der Waals surface area contributed by atoms with Crippen LogP contribution in [0.3, 0.4) is 0 Å². The minimum Gasteiger partial charge on any atom is -0.451 e. The number of amides is 1. The maximum Gasteiger partial charge on any atom is 0.387 e. The van der Waals surface area contributed by atoms with Gasteiger partial charge in [-0.3, -0.25) is 4.79 Å². The number of alkyl halides is 2. The zero-order valence-electron chi connectivity index (χ0n) is 13.0. The lowest BCUT2D eigenvalue weighted by atomic mass is 10.2. The molecule has 1 N–H and O–H groups in total. The standard InChI is InChI=1S/C18H11Cl2F2NO3/c19-10-5-6-12(20)11(9-10)14-7-8-16(25-14)17(24)23-13-3-1-2-4-15(13)26-18(21)22/h1-9,18H,(H,23,24). The molecule has 26 heavy (non-hydrogen) atoms. The number of anilines is 1. The molecule has 0 spiro atoms. The Balaban J connectivity index is 1.82. The molecule has 0 saturated heterocycles. The van der Waals surface area contributed by atoms with Crippen LogP contribution < -0.4 is 10.1 Å². The maximum atomic E-state index is 12.4. The van der Waals surface area contributed by atoms with Crippen LogP contribution in [-0.4, -0.2) is 12.5 Å². The smallest absolute Gasteiger partial charge is 0.387 e. The molecule has 134 valence electrons. The molecule has 0 aliphatic heterocycles. The number of carbonyl (C=O) groups excluding carboxylic acids is 1. The summed E-state index contributed by atoms with van der Waals surface area (Å²) in [7, 11) is 0. The number of ether oxygens (including phenoxy) is 1. The SMILES string of the molecule is O=C(Nc1ccccc1OC(F)F)c1ccc(-c2cc(Cl)ccc2Cl)o1. The number of carbonyl (C=O) groups is 1. The van der Waals surface area contributed by atoms with Gasteiger partial charge in [0, 0.05) is 10.6 Å². The van der Waals surface area contributed by atoms with Gasteiger partial charge in [0.1, 0.15) is 11.5 Å². The van der Waals surface area contributed by atoms with Crippen LogP contribution in [-0.2, 0) is 0 Å². The molecule has 1 amide bonds. The average Bonchev–Trinajstić information content (AvgIpc) is 3.08. The minimum absolute atomic E-state index is 0.0251. The van der Waals surface area contributed by atoms with Gasteiger partial charge in [0.25, 0.3) is 5.91 Å². The highest BCUT2D eigenvalue weighted by Crippen LogP contribution is 2.32. The average molecular weight is 398 g/mol. The van der Waals surface area contributed by atoms with Crippen molar-refractivity contribution in [2.75, 3.05) is 5.32 Å². The molecular weight excluding hydrogens is 387 g/mol. The maximum absolute atomic E-state index is 12.4. The molecule has 0 fully saturated rings. The second-order valence-corrected chi connectivity index (χ2v) is 5.96. The lowest BCUT2D eigenvalue weighted by Crippen LogP contribution is -2.13. The zero-order valence-corrected chi connectivity index (χ0v) is 14.5. The monoisotopic (exact) mass is 397 g/mol. The Labute approximate surface area is 157 Å². The van der Waals surface area contributed by atoms with Crippen LogP contribution in [0.5, 0.6) is 5.75 Å². The van der Waals surface area contributed by atoms with Gasteiger partial charge in [-0.25, -0.2) is 0 Å². The Hall–Kier alpha value is -2.57. The van der Waals surface area contributed by atoms with Gasteiger partial charge >= 0.3 is 6.61 Å². The van der Waals surface area contributed by atoms with Gasteiger partial charge in [-0.05, 0) is 42.5 Å². The van der Waals surface area contributed by atoms with Crippen LogP contribution in [0, 0.1) is 0 Å². The van der Waals surface area contributed by atoms with E-state index in [-0.39, 0.29) is 17.2 Å². The molecular formula is C18H11Cl2F2NO3. The Bertz CT molecular complexity index is 944. The number of halogens is 4.